The molecule has 0 heterocycles. The summed E-state index contributed by atoms with van der Waals surface area (Å²) < 4.78 is 0. The Bertz CT molecular complexity index is 402. The molecule has 5 N–H and O–H groups in total. The molecule has 0 aliphatic carbocycles. The lowest BCUT2D eigenvalue weighted by molar-refractivity contribution is 0.0912. The van der Waals surface area contributed by atoms with Crippen molar-refractivity contribution in [3.8, 4) is 11.5 Å². The van der Waals surface area contributed by atoms with Crippen molar-refractivity contribution >= 4 is 5.91 Å². The van der Waals surface area contributed by atoms with Crippen molar-refractivity contribution in [2.75, 3.05) is 6.54 Å². The van der Waals surface area contributed by atoms with Crippen LogP contribution < -0.4 is 11.1 Å². The van der Waals surface area contributed by atoms with Gasteiger partial charge in [-0.1, -0.05) is 0 Å². The van der Waals surface area contributed by atoms with Gasteiger partial charge in [0.2, 0.25) is 0 Å². The molecule has 5 heteroatoms. The third-order valence-corrected chi connectivity index (χ3v) is 2.19. The first kappa shape index (κ1) is 12.3. The first-order valence-corrected chi connectivity index (χ1v) is 4.90. The number of phenolic OH excluding ortho intramolecular Hbond substituents is 2. The predicted octanol–water partition coefficient (Wildman–Crippen LogP) is 0.565. The highest BCUT2D eigenvalue weighted by molar-refractivity contribution is 5.97. The van der Waals surface area contributed by atoms with Crippen LogP contribution in [0.4, 0.5) is 0 Å². The molecular formula is C11H16N2O3. The highest BCUT2D eigenvalue weighted by Crippen LogP contribution is 2.22. The summed E-state index contributed by atoms with van der Waals surface area (Å²) in [6, 6.07) is 3.77. The summed E-state index contributed by atoms with van der Waals surface area (Å²) in [4.78, 5) is 11.8. The van der Waals surface area contributed by atoms with E-state index in [0.717, 1.165) is 0 Å². The molecule has 1 amide bonds. The summed E-state index contributed by atoms with van der Waals surface area (Å²) in [5.41, 5.74) is 4.94. The lowest BCUT2D eigenvalue weighted by Crippen LogP contribution is -2.48. The first-order chi connectivity index (χ1) is 7.35. The zero-order chi connectivity index (χ0) is 12.3. The minimum atomic E-state index is -0.561. The Morgan fingerprint density at radius 2 is 2.06 bits per heavy atom. The van der Waals surface area contributed by atoms with Gasteiger partial charge in [-0.3, -0.25) is 4.79 Å². The fraction of sp³-hybridized carbons (Fsp3) is 0.364. The number of rotatable bonds is 3. The van der Waals surface area contributed by atoms with E-state index in [4.69, 9.17) is 5.73 Å². The van der Waals surface area contributed by atoms with E-state index in [-0.39, 0.29) is 23.6 Å². The number of benzene rings is 1. The second-order valence-corrected chi connectivity index (χ2v) is 4.24. The summed E-state index contributed by atoms with van der Waals surface area (Å²) in [6.07, 6.45) is 0. The molecule has 0 saturated heterocycles. The quantitative estimate of drug-likeness (QED) is 0.564. The van der Waals surface area contributed by atoms with Crippen LogP contribution in [0.1, 0.15) is 24.2 Å². The van der Waals surface area contributed by atoms with Crippen LogP contribution in [0.15, 0.2) is 18.2 Å². The van der Waals surface area contributed by atoms with Crippen LogP contribution in [0.2, 0.25) is 0 Å². The van der Waals surface area contributed by atoms with E-state index in [1.54, 1.807) is 13.8 Å². The second-order valence-electron chi connectivity index (χ2n) is 4.24. The van der Waals surface area contributed by atoms with Crippen LogP contribution in [-0.2, 0) is 0 Å². The lowest BCUT2D eigenvalue weighted by Gasteiger charge is -2.24. The van der Waals surface area contributed by atoms with Crippen molar-refractivity contribution in [3.05, 3.63) is 23.8 Å². The van der Waals surface area contributed by atoms with Crippen LogP contribution in [0, 0.1) is 0 Å². The average molecular weight is 224 g/mol. The van der Waals surface area contributed by atoms with E-state index >= 15 is 0 Å². The summed E-state index contributed by atoms with van der Waals surface area (Å²) in [6.45, 7) is 3.81. The molecular weight excluding hydrogens is 208 g/mol. The molecule has 1 aromatic carbocycles. The molecule has 16 heavy (non-hydrogen) atoms. The highest BCUT2D eigenvalue weighted by Gasteiger charge is 2.21. The van der Waals surface area contributed by atoms with E-state index in [2.05, 4.69) is 5.32 Å². The van der Waals surface area contributed by atoms with Crippen molar-refractivity contribution in [1.29, 1.82) is 0 Å². The van der Waals surface area contributed by atoms with Gasteiger partial charge in [0.05, 0.1) is 5.56 Å². The van der Waals surface area contributed by atoms with Gasteiger partial charge in [-0.15, -0.1) is 0 Å². The number of phenols is 2. The van der Waals surface area contributed by atoms with Gasteiger partial charge in [-0.2, -0.15) is 0 Å². The molecule has 0 unspecified atom stereocenters. The number of carbonyl (C=O) groups is 1. The van der Waals surface area contributed by atoms with Crippen LogP contribution in [0.5, 0.6) is 11.5 Å². The molecule has 0 aromatic heterocycles. The molecule has 5 nitrogen and oxygen atoms in total. The van der Waals surface area contributed by atoms with E-state index in [1.807, 2.05) is 0 Å². The fourth-order valence-electron chi connectivity index (χ4n) is 1.13. The van der Waals surface area contributed by atoms with Gasteiger partial charge in [-0.25, -0.2) is 0 Å². The van der Waals surface area contributed by atoms with E-state index in [0.29, 0.717) is 0 Å². The van der Waals surface area contributed by atoms with Crippen molar-refractivity contribution in [2.45, 2.75) is 19.4 Å². The van der Waals surface area contributed by atoms with Crippen LogP contribution in [-0.4, -0.2) is 28.2 Å². The first-order valence-electron chi connectivity index (χ1n) is 4.90. The standard InChI is InChI=1S/C11H16N2O3/c1-11(2,6-12)13-10(16)8-5-7(14)3-4-9(8)15/h3-5,14-15H,6,12H2,1-2H3,(H,13,16). The Morgan fingerprint density at radius 3 is 2.62 bits per heavy atom. The maximum atomic E-state index is 11.8. The van der Waals surface area contributed by atoms with Gasteiger partial charge < -0.3 is 21.3 Å². The van der Waals surface area contributed by atoms with Gasteiger partial charge in [0.25, 0.3) is 5.91 Å². The Hall–Kier alpha value is -1.75. The number of hydrogen-bond donors (Lipinski definition) is 4. The number of aromatic hydroxyl groups is 2. The summed E-state index contributed by atoms with van der Waals surface area (Å²) in [7, 11) is 0. The molecule has 0 aliphatic heterocycles. The van der Waals surface area contributed by atoms with Gasteiger partial charge in [-0.05, 0) is 32.0 Å². The van der Waals surface area contributed by atoms with Crippen LogP contribution in [0.25, 0.3) is 0 Å². The normalized spacial score (nSPS) is 11.2. The van der Waals surface area contributed by atoms with Crippen LogP contribution in [0.3, 0.4) is 0 Å². The maximum absolute atomic E-state index is 11.8. The van der Waals surface area contributed by atoms with Gasteiger partial charge in [0.1, 0.15) is 11.5 Å². The van der Waals surface area contributed by atoms with E-state index in [9.17, 15) is 15.0 Å². The summed E-state index contributed by atoms with van der Waals surface area (Å²) >= 11 is 0. The third kappa shape index (κ3) is 2.87. The lowest BCUT2D eigenvalue weighted by atomic mass is 10.0. The molecule has 0 aliphatic rings. The van der Waals surface area contributed by atoms with Gasteiger partial charge >= 0.3 is 0 Å². The Balaban J connectivity index is 2.93. The molecule has 0 saturated carbocycles. The second kappa shape index (κ2) is 4.40. The Labute approximate surface area is 93.9 Å². The molecule has 88 valence electrons. The molecule has 0 atom stereocenters. The van der Waals surface area contributed by atoms with E-state index < -0.39 is 11.4 Å². The smallest absolute Gasteiger partial charge is 0.255 e. The van der Waals surface area contributed by atoms with E-state index in [1.165, 1.54) is 18.2 Å². The Morgan fingerprint density at radius 1 is 1.44 bits per heavy atom. The molecule has 0 fully saturated rings. The summed E-state index contributed by atoms with van der Waals surface area (Å²) in [5.74, 6) is -0.722. The molecule has 0 radical (unpaired) electrons. The minimum absolute atomic E-state index is 0.0292. The van der Waals surface area contributed by atoms with Crippen LogP contribution >= 0.6 is 0 Å². The molecule has 0 bridgehead atoms. The topological polar surface area (TPSA) is 95.6 Å². The average Bonchev–Trinajstić information content (AvgIpc) is 2.21. The minimum Gasteiger partial charge on any atom is -0.508 e. The Kier molecular flexibility index (Phi) is 3.39. The highest BCUT2D eigenvalue weighted by atomic mass is 16.3. The largest absolute Gasteiger partial charge is 0.508 e. The molecule has 1 aromatic rings. The number of nitrogens with one attached hydrogen (secondary N) is 1. The zero-order valence-corrected chi connectivity index (χ0v) is 9.32. The maximum Gasteiger partial charge on any atom is 0.255 e. The number of carbonyl (C=O) groups excluding carboxylic acids is 1. The fourth-order valence-corrected chi connectivity index (χ4v) is 1.13. The van der Waals surface area contributed by atoms with Crippen molar-refractivity contribution < 1.29 is 15.0 Å². The van der Waals surface area contributed by atoms with Gasteiger partial charge in [0, 0.05) is 12.1 Å². The molecule has 1 rings (SSSR count). The molecule has 0 spiro atoms. The van der Waals surface area contributed by atoms with Gasteiger partial charge in [0.15, 0.2) is 0 Å². The van der Waals surface area contributed by atoms with Crippen molar-refractivity contribution in [2.24, 2.45) is 5.73 Å². The SMILES string of the molecule is CC(C)(CN)NC(=O)c1cc(O)ccc1O. The predicted molar refractivity (Wildman–Crippen MR) is 60.4 cm³/mol. The third-order valence-electron chi connectivity index (χ3n) is 2.19. The number of nitrogens with two attached hydrogens (primary N) is 1. The summed E-state index contributed by atoms with van der Waals surface area (Å²) in [5, 5.41) is 21.4. The zero-order valence-electron chi connectivity index (χ0n) is 9.32. The monoisotopic (exact) mass is 224 g/mol. The number of amides is 1. The van der Waals surface area contributed by atoms with Crippen molar-refractivity contribution in [1.82, 2.24) is 5.32 Å². The number of hydrogen-bond acceptors (Lipinski definition) is 4. The van der Waals surface area contributed by atoms with Crippen molar-refractivity contribution in [3.63, 3.8) is 0 Å².